The lowest BCUT2D eigenvalue weighted by Gasteiger charge is -2.11. The molecule has 0 nitrogen and oxygen atoms in total. The van der Waals surface area contributed by atoms with Crippen LogP contribution in [0.4, 0.5) is 17.6 Å². The maximum atomic E-state index is 13.0. The molecule has 0 heterocycles. The van der Waals surface area contributed by atoms with Crippen LogP contribution in [-0.2, 0) is 0 Å². The van der Waals surface area contributed by atoms with Crippen molar-refractivity contribution in [2.45, 2.75) is 24.3 Å². The first-order valence-corrected chi connectivity index (χ1v) is 4.64. The highest BCUT2D eigenvalue weighted by Gasteiger charge is 2.31. The topological polar surface area (TPSA) is 0 Å². The van der Waals surface area contributed by atoms with Crippen molar-refractivity contribution < 1.29 is 17.6 Å². The predicted molar refractivity (Wildman–Crippen MR) is 47.8 cm³/mol. The van der Waals surface area contributed by atoms with Crippen LogP contribution in [0.25, 0.3) is 0 Å². The highest BCUT2D eigenvalue weighted by Crippen LogP contribution is 2.40. The molecule has 0 radical (unpaired) electrons. The molecular formula is C9H8F4S. The van der Waals surface area contributed by atoms with Crippen molar-refractivity contribution in [2.75, 3.05) is 0 Å². The smallest absolute Gasteiger partial charge is 0.206 e. The number of hydrogen-bond donors (Lipinski definition) is 0. The fourth-order valence-corrected chi connectivity index (χ4v) is 1.71. The van der Waals surface area contributed by atoms with E-state index in [1.807, 2.05) is 0 Å². The molecule has 0 aliphatic carbocycles. The molecule has 0 aromatic heterocycles. The minimum atomic E-state index is -4.45. The monoisotopic (exact) mass is 224 g/mol. The van der Waals surface area contributed by atoms with Gasteiger partial charge in [0.15, 0.2) is 0 Å². The van der Waals surface area contributed by atoms with Crippen LogP contribution >= 0.6 is 11.8 Å². The Morgan fingerprint density at radius 3 is 2.21 bits per heavy atom. The summed E-state index contributed by atoms with van der Waals surface area (Å²) in [6.45, 7) is 3.13. The molecule has 0 amide bonds. The van der Waals surface area contributed by atoms with Crippen LogP contribution in [0.2, 0.25) is 0 Å². The summed E-state index contributed by atoms with van der Waals surface area (Å²) in [5.41, 5.74) is -3.45. The molecule has 0 N–H and O–H groups in total. The summed E-state index contributed by atoms with van der Waals surface area (Å²) in [6, 6.07) is 2.52. The predicted octanol–water partition coefficient (Wildman–Crippen LogP) is 4.05. The van der Waals surface area contributed by atoms with Gasteiger partial charge in [0.05, 0.1) is 4.90 Å². The third kappa shape index (κ3) is 2.64. The number of aryl methyl sites for hydroxylation is 1. The zero-order valence-corrected chi connectivity index (χ0v) is 8.39. The van der Waals surface area contributed by atoms with E-state index in [9.17, 15) is 17.6 Å². The van der Waals surface area contributed by atoms with Gasteiger partial charge in [-0.1, -0.05) is 6.07 Å². The van der Waals surface area contributed by atoms with Crippen LogP contribution in [0.1, 0.15) is 11.1 Å². The van der Waals surface area contributed by atoms with Gasteiger partial charge in [-0.2, -0.15) is 13.2 Å². The Morgan fingerprint density at radius 1 is 1.14 bits per heavy atom. The van der Waals surface area contributed by atoms with Crippen molar-refractivity contribution >= 4 is 11.8 Å². The molecule has 14 heavy (non-hydrogen) atoms. The van der Waals surface area contributed by atoms with Crippen molar-refractivity contribution in [1.29, 1.82) is 0 Å². The van der Waals surface area contributed by atoms with Crippen LogP contribution in [0.5, 0.6) is 0 Å². The minimum absolute atomic E-state index is 0.336. The second-order valence-electron chi connectivity index (χ2n) is 2.87. The molecule has 0 spiro atoms. The quantitative estimate of drug-likeness (QED) is 0.512. The summed E-state index contributed by atoms with van der Waals surface area (Å²) in [6.07, 6.45) is 0. The van der Waals surface area contributed by atoms with Gasteiger partial charge in [-0.15, -0.1) is 0 Å². The van der Waals surface area contributed by atoms with E-state index in [1.54, 1.807) is 6.92 Å². The minimum Gasteiger partial charge on any atom is -0.206 e. The first kappa shape index (κ1) is 11.4. The molecule has 0 atom stereocenters. The number of rotatable bonds is 1. The molecule has 1 rings (SSSR count). The largest absolute Gasteiger partial charge is 0.446 e. The Kier molecular flexibility index (Phi) is 3.09. The van der Waals surface area contributed by atoms with E-state index in [0.717, 1.165) is 6.07 Å². The van der Waals surface area contributed by atoms with Gasteiger partial charge in [-0.3, -0.25) is 0 Å². The zero-order valence-electron chi connectivity index (χ0n) is 7.57. The van der Waals surface area contributed by atoms with Crippen LogP contribution in [0.3, 0.4) is 0 Å². The molecule has 0 unspecified atom stereocenters. The number of halogens is 4. The van der Waals surface area contributed by atoms with E-state index in [1.165, 1.54) is 13.0 Å². The van der Waals surface area contributed by atoms with Gasteiger partial charge < -0.3 is 0 Å². The number of alkyl halides is 3. The van der Waals surface area contributed by atoms with Crippen molar-refractivity contribution in [1.82, 2.24) is 0 Å². The van der Waals surface area contributed by atoms with Gasteiger partial charge in [0.25, 0.3) is 0 Å². The molecule has 5 heteroatoms. The maximum Gasteiger partial charge on any atom is 0.446 e. The van der Waals surface area contributed by atoms with E-state index in [2.05, 4.69) is 0 Å². The van der Waals surface area contributed by atoms with E-state index in [-0.39, 0.29) is 4.90 Å². The second kappa shape index (κ2) is 3.81. The number of benzene rings is 1. The zero-order chi connectivity index (χ0) is 10.9. The summed E-state index contributed by atoms with van der Waals surface area (Å²) in [5.74, 6) is -0.824. The fraction of sp³-hybridized carbons (Fsp3) is 0.333. The van der Waals surface area contributed by atoms with Gasteiger partial charge in [0.2, 0.25) is 0 Å². The third-order valence-electron chi connectivity index (χ3n) is 1.85. The van der Waals surface area contributed by atoms with Crippen LogP contribution in [0, 0.1) is 19.7 Å². The Bertz CT molecular complexity index is 343. The van der Waals surface area contributed by atoms with Crippen molar-refractivity contribution in [2.24, 2.45) is 0 Å². The Morgan fingerprint density at radius 2 is 1.71 bits per heavy atom. The summed E-state index contributed by atoms with van der Waals surface area (Å²) in [7, 11) is 0. The summed E-state index contributed by atoms with van der Waals surface area (Å²) < 4.78 is 49.1. The average Bonchev–Trinajstić information content (AvgIpc) is 2.04. The first-order valence-electron chi connectivity index (χ1n) is 3.82. The summed E-state index contributed by atoms with van der Waals surface area (Å²) in [5, 5.41) is 0. The van der Waals surface area contributed by atoms with Crippen molar-refractivity contribution in [3.8, 4) is 0 Å². The lowest BCUT2D eigenvalue weighted by molar-refractivity contribution is -0.0329. The molecule has 78 valence electrons. The van der Waals surface area contributed by atoms with E-state index < -0.39 is 23.1 Å². The summed E-state index contributed by atoms with van der Waals surface area (Å²) in [4.78, 5) is -0.336. The number of thioether (sulfide) groups is 1. The molecule has 1 aromatic rings. The number of hydrogen-bond acceptors (Lipinski definition) is 1. The van der Waals surface area contributed by atoms with Crippen molar-refractivity contribution in [3.05, 3.63) is 29.1 Å². The molecule has 1 aromatic carbocycles. The molecule has 0 fully saturated rings. The average molecular weight is 224 g/mol. The first-order chi connectivity index (χ1) is 6.31. The standard InChI is InChI=1S/C9H8F4S/c1-5-3-4-7(10)8(6(5)2)14-9(11,12)13/h3-4H,1-2H3. The van der Waals surface area contributed by atoms with Gasteiger partial charge >= 0.3 is 5.51 Å². The van der Waals surface area contributed by atoms with Gasteiger partial charge in [-0.25, -0.2) is 4.39 Å². The van der Waals surface area contributed by atoms with Crippen molar-refractivity contribution in [3.63, 3.8) is 0 Å². The lowest BCUT2D eigenvalue weighted by atomic mass is 10.1. The maximum absolute atomic E-state index is 13.0. The van der Waals surface area contributed by atoms with Gasteiger partial charge in [-0.05, 0) is 42.8 Å². The highest BCUT2D eigenvalue weighted by molar-refractivity contribution is 8.00. The normalized spacial score (nSPS) is 11.9. The Balaban J connectivity index is 3.13. The highest BCUT2D eigenvalue weighted by atomic mass is 32.2. The van der Waals surface area contributed by atoms with E-state index in [0.29, 0.717) is 11.1 Å². The molecule has 0 bridgehead atoms. The lowest BCUT2D eigenvalue weighted by Crippen LogP contribution is -2.02. The van der Waals surface area contributed by atoms with Crippen LogP contribution < -0.4 is 0 Å². The van der Waals surface area contributed by atoms with Gasteiger partial charge in [0.1, 0.15) is 5.82 Å². The molecule has 0 saturated carbocycles. The van der Waals surface area contributed by atoms with E-state index >= 15 is 0 Å². The molecule has 0 aliphatic rings. The molecular weight excluding hydrogens is 216 g/mol. The third-order valence-corrected chi connectivity index (χ3v) is 2.78. The van der Waals surface area contributed by atoms with E-state index in [4.69, 9.17) is 0 Å². The second-order valence-corrected chi connectivity index (χ2v) is 3.94. The van der Waals surface area contributed by atoms with Crippen LogP contribution in [0.15, 0.2) is 17.0 Å². The summed E-state index contributed by atoms with van der Waals surface area (Å²) >= 11 is -0.407. The Hall–Kier alpha value is -0.710. The fourth-order valence-electron chi connectivity index (χ4n) is 0.998. The van der Waals surface area contributed by atoms with Crippen LogP contribution in [-0.4, -0.2) is 5.51 Å². The molecule has 0 saturated heterocycles. The Labute approximate surface area is 83.3 Å². The SMILES string of the molecule is Cc1ccc(F)c(SC(F)(F)F)c1C. The molecule has 0 aliphatic heterocycles. The van der Waals surface area contributed by atoms with Gasteiger partial charge in [0, 0.05) is 0 Å².